The first-order valence-corrected chi connectivity index (χ1v) is 7.30. The molecule has 1 heteroatoms. The van der Waals surface area contributed by atoms with Crippen LogP contribution in [-0.2, 0) is 0 Å². The zero-order chi connectivity index (χ0) is 12.0. The van der Waals surface area contributed by atoms with Crippen LogP contribution in [0.5, 0.6) is 0 Å². The van der Waals surface area contributed by atoms with Gasteiger partial charge in [-0.25, -0.2) is 0 Å². The van der Waals surface area contributed by atoms with E-state index in [0.29, 0.717) is 0 Å². The van der Waals surface area contributed by atoms with Gasteiger partial charge in [-0.05, 0) is 31.1 Å². The van der Waals surface area contributed by atoms with Gasteiger partial charge >= 0.3 is 0 Å². The highest BCUT2D eigenvalue weighted by atomic mass is 16.3. The maximum atomic E-state index is 10.2. The molecule has 1 rings (SSSR count). The Morgan fingerprint density at radius 1 is 1.06 bits per heavy atom. The lowest BCUT2D eigenvalue weighted by Crippen LogP contribution is -2.45. The van der Waals surface area contributed by atoms with Crippen molar-refractivity contribution in [2.45, 2.75) is 84.2 Å². The fourth-order valence-corrected chi connectivity index (χ4v) is 2.83. The van der Waals surface area contributed by atoms with Crippen molar-refractivity contribution in [1.29, 1.82) is 0 Å². The van der Waals surface area contributed by atoms with Crippen LogP contribution in [-0.4, -0.2) is 10.7 Å². The molecule has 0 unspecified atom stereocenters. The van der Waals surface area contributed by atoms with Crippen LogP contribution < -0.4 is 0 Å². The smallest absolute Gasteiger partial charge is 0.0653 e. The molecule has 0 saturated heterocycles. The van der Waals surface area contributed by atoms with Crippen molar-refractivity contribution in [2.75, 3.05) is 0 Å². The van der Waals surface area contributed by atoms with Gasteiger partial charge in [0.2, 0.25) is 0 Å². The van der Waals surface area contributed by atoms with Gasteiger partial charge in [-0.15, -0.1) is 0 Å². The van der Waals surface area contributed by atoms with Gasteiger partial charge in [-0.1, -0.05) is 59.3 Å². The molecule has 0 aliphatic heterocycles. The quantitative estimate of drug-likeness (QED) is 0.603. The molecule has 1 nitrogen and oxygen atoms in total. The Balaban J connectivity index is 1.98. The Morgan fingerprint density at radius 2 is 1.62 bits per heavy atom. The monoisotopic (exact) mass is 226 g/mol. The maximum Gasteiger partial charge on any atom is 0.0653 e. The van der Waals surface area contributed by atoms with Gasteiger partial charge in [0, 0.05) is 0 Å². The number of hydrogen-bond donors (Lipinski definition) is 1. The van der Waals surface area contributed by atoms with Gasteiger partial charge in [0.25, 0.3) is 0 Å². The standard InChI is InChI=1S/C15H30O/c1-4-5-6-7-8-9-10-15(16)11-14(12-15)13(2)3/h13-14,16H,4-12H2,1-3H3. The summed E-state index contributed by atoms with van der Waals surface area (Å²) in [5, 5.41) is 10.2. The van der Waals surface area contributed by atoms with Crippen LogP contribution >= 0.6 is 0 Å². The van der Waals surface area contributed by atoms with Crippen LogP contribution in [0.1, 0.15) is 78.6 Å². The van der Waals surface area contributed by atoms with Crippen molar-refractivity contribution < 1.29 is 5.11 Å². The molecule has 0 atom stereocenters. The molecule has 1 N–H and O–H groups in total. The normalized spacial score (nSPS) is 29.4. The van der Waals surface area contributed by atoms with Gasteiger partial charge in [0.15, 0.2) is 0 Å². The van der Waals surface area contributed by atoms with Crippen LogP contribution in [0, 0.1) is 11.8 Å². The highest BCUT2D eigenvalue weighted by Gasteiger charge is 2.42. The zero-order valence-corrected chi connectivity index (χ0v) is 11.5. The van der Waals surface area contributed by atoms with Crippen molar-refractivity contribution in [3.05, 3.63) is 0 Å². The maximum absolute atomic E-state index is 10.2. The van der Waals surface area contributed by atoms with E-state index in [4.69, 9.17) is 0 Å². The molecule has 0 aromatic heterocycles. The molecule has 0 spiro atoms. The fraction of sp³-hybridized carbons (Fsp3) is 1.00. The van der Waals surface area contributed by atoms with Crippen LogP contribution in [0.2, 0.25) is 0 Å². The second kappa shape index (κ2) is 6.64. The largest absolute Gasteiger partial charge is 0.390 e. The molecule has 1 saturated carbocycles. The lowest BCUT2D eigenvalue weighted by Gasteiger charge is -2.46. The minimum Gasteiger partial charge on any atom is -0.390 e. The summed E-state index contributed by atoms with van der Waals surface area (Å²) < 4.78 is 0. The Hall–Kier alpha value is -0.0400. The molecule has 0 amide bonds. The molecule has 0 heterocycles. The Morgan fingerprint density at radius 3 is 2.19 bits per heavy atom. The number of aliphatic hydroxyl groups is 1. The van der Waals surface area contributed by atoms with E-state index in [1.807, 2.05) is 0 Å². The van der Waals surface area contributed by atoms with Crippen LogP contribution in [0.15, 0.2) is 0 Å². The molecule has 0 aromatic rings. The van der Waals surface area contributed by atoms with Crippen molar-refractivity contribution in [3.8, 4) is 0 Å². The Kier molecular flexibility index (Phi) is 5.82. The summed E-state index contributed by atoms with van der Waals surface area (Å²) in [4.78, 5) is 0. The predicted octanol–water partition coefficient (Wildman–Crippen LogP) is 4.53. The second-order valence-corrected chi connectivity index (χ2v) is 6.15. The zero-order valence-electron chi connectivity index (χ0n) is 11.5. The van der Waals surface area contributed by atoms with Gasteiger partial charge in [-0.2, -0.15) is 0 Å². The summed E-state index contributed by atoms with van der Waals surface area (Å²) >= 11 is 0. The van der Waals surface area contributed by atoms with Gasteiger partial charge in [0.05, 0.1) is 5.60 Å². The summed E-state index contributed by atoms with van der Waals surface area (Å²) in [7, 11) is 0. The summed E-state index contributed by atoms with van der Waals surface area (Å²) in [6.45, 7) is 6.80. The molecular weight excluding hydrogens is 196 g/mol. The molecule has 16 heavy (non-hydrogen) atoms. The summed E-state index contributed by atoms with van der Waals surface area (Å²) in [5.41, 5.74) is -0.278. The van der Waals surface area contributed by atoms with E-state index in [-0.39, 0.29) is 5.60 Å². The molecule has 96 valence electrons. The topological polar surface area (TPSA) is 20.2 Å². The highest BCUT2D eigenvalue weighted by Crippen LogP contribution is 2.44. The molecular formula is C15H30O. The molecule has 1 fully saturated rings. The second-order valence-electron chi connectivity index (χ2n) is 6.15. The Bertz CT molecular complexity index is 180. The molecule has 1 aliphatic carbocycles. The predicted molar refractivity (Wildman–Crippen MR) is 70.5 cm³/mol. The van der Waals surface area contributed by atoms with E-state index in [9.17, 15) is 5.11 Å². The average Bonchev–Trinajstić information content (AvgIpc) is 2.19. The summed E-state index contributed by atoms with van der Waals surface area (Å²) in [6.07, 6.45) is 11.1. The van der Waals surface area contributed by atoms with Crippen molar-refractivity contribution >= 4 is 0 Å². The number of hydrogen-bond acceptors (Lipinski definition) is 1. The lowest BCUT2D eigenvalue weighted by molar-refractivity contribution is -0.0936. The van der Waals surface area contributed by atoms with E-state index in [2.05, 4.69) is 20.8 Å². The first-order valence-electron chi connectivity index (χ1n) is 7.30. The SMILES string of the molecule is CCCCCCCCC1(O)CC(C(C)C)C1. The number of rotatable bonds is 8. The van der Waals surface area contributed by atoms with Crippen LogP contribution in [0.25, 0.3) is 0 Å². The van der Waals surface area contributed by atoms with Crippen molar-refractivity contribution in [2.24, 2.45) is 11.8 Å². The third-order valence-corrected chi connectivity index (χ3v) is 4.22. The first kappa shape index (κ1) is 14.0. The van der Waals surface area contributed by atoms with Crippen molar-refractivity contribution in [1.82, 2.24) is 0 Å². The van der Waals surface area contributed by atoms with Crippen molar-refractivity contribution in [3.63, 3.8) is 0 Å². The third kappa shape index (κ3) is 4.45. The highest BCUT2D eigenvalue weighted by molar-refractivity contribution is 4.94. The van der Waals surface area contributed by atoms with E-state index in [0.717, 1.165) is 31.1 Å². The van der Waals surface area contributed by atoms with E-state index >= 15 is 0 Å². The lowest BCUT2D eigenvalue weighted by atomic mass is 9.64. The summed E-state index contributed by atoms with van der Waals surface area (Å²) in [5.74, 6) is 1.54. The minimum absolute atomic E-state index is 0.278. The molecule has 0 bridgehead atoms. The van der Waals surface area contributed by atoms with Gasteiger partial charge in [-0.3, -0.25) is 0 Å². The van der Waals surface area contributed by atoms with E-state index < -0.39 is 0 Å². The van der Waals surface area contributed by atoms with Gasteiger partial charge < -0.3 is 5.11 Å². The van der Waals surface area contributed by atoms with Gasteiger partial charge in [0.1, 0.15) is 0 Å². The third-order valence-electron chi connectivity index (χ3n) is 4.22. The summed E-state index contributed by atoms with van der Waals surface area (Å²) in [6, 6.07) is 0. The van der Waals surface area contributed by atoms with E-state index in [1.54, 1.807) is 0 Å². The molecule has 0 aromatic carbocycles. The average molecular weight is 226 g/mol. The first-order chi connectivity index (χ1) is 7.57. The van der Waals surface area contributed by atoms with Crippen LogP contribution in [0.3, 0.4) is 0 Å². The minimum atomic E-state index is -0.278. The van der Waals surface area contributed by atoms with E-state index in [1.165, 1.54) is 38.5 Å². The molecule has 0 radical (unpaired) electrons. The van der Waals surface area contributed by atoms with Crippen LogP contribution in [0.4, 0.5) is 0 Å². The molecule has 1 aliphatic rings. The fourth-order valence-electron chi connectivity index (χ4n) is 2.83. The number of unbranched alkanes of at least 4 members (excludes halogenated alkanes) is 5. The Labute approximate surface area is 102 Å².